The van der Waals surface area contributed by atoms with Crippen LogP contribution in [0, 0.1) is 0 Å². The van der Waals surface area contributed by atoms with Crippen LogP contribution in [0.15, 0.2) is 17.0 Å². The number of allylic oxidation sites excluding steroid dienone is 1. The Morgan fingerprint density at radius 3 is 2.50 bits per heavy atom. The second-order valence-electron chi connectivity index (χ2n) is 1.59. The molecule has 0 aliphatic rings. The number of hydrazone groups is 1. The maximum Gasteiger partial charge on any atom is 0.0413 e. The van der Waals surface area contributed by atoms with E-state index in [0.29, 0.717) is 0 Å². The Morgan fingerprint density at radius 2 is 2.38 bits per heavy atom. The molecule has 0 atom stereocenters. The Kier molecular flexibility index (Phi) is 2.69. The van der Waals surface area contributed by atoms with Gasteiger partial charge >= 0.3 is 0 Å². The minimum atomic E-state index is 0.722. The lowest BCUT2D eigenvalue weighted by Gasteiger charge is -2.03. The molecule has 0 radical (unpaired) electrons. The van der Waals surface area contributed by atoms with E-state index in [9.17, 15) is 0 Å². The number of nitrogens with two attached hydrogens (primary N) is 1. The van der Waals surface area contributed by atoms with Crippen molar-refractivity contribution in [3.05, 3.63) is 11.9 Å². The van der Waals surface area contributed by atoms with Crippen molar-refractivity contribution in [2.75, 3.05) is 7.05 Å². The summed E-state index contributed by atoms with van der Waals surface area (Å²) in [7, 11) is 1.77. The van der Waals surface area contributed by atoms with Gasteiger partial charge in [0.05, 0.1) is 0 Å². The Bertz CT molecular complexity index is 102. The molecule has 46 valence electrons. The van der Waals surface area contributed by atoms with Gasteiger partial charge in [0.25, 0.3) is 0 Å². The molecule has 8 heavy (non-hydrogen) atoms. The van der Waals surface area contributed by atoms with Crippen LogP contribution >= 0.6 is 0 Å². The van der Waals surface area contributed by atoms with Crippen LogP contribution in [0.4, 0.5) is 0 Å². The molecule has 0 rings (SSSR count). The Labute approximate surface area is 49.5 Å². The molecule has 0 spiro atoms. The lowest BCUT2D eigenvalue weighted by molar-refractivity contribution is 0.490. The summed E-state index contributed by atoms with van der Waals surface area (Å²) in [6, 6.07) is 0. The van der Waals surface area contributed by atoms with Crippen LogP contribution in [-0.2, 0) is 0 Å². The van der Waals surface area contributed by atoms with E-state index in [-0.39, 0.29) is 0 Å². The molecule has 0 aromatic rings. The standard InChI is InChI=1S/C5H11N3/c1-5(6)4-8(3)7-2/h4H,2,6H2,1,3H3/b5-4-. The summed E-state index contributed by atoms with van der Waals surface area (Å²) in [6.07, 6.45) is 1.69. The van der Waals surface area contributed by atoms with Crippen LogP contribution in [0.1, 0.15) is 6.92 Å². The van der Waals surface area contributed by atoms with Gasteiger partial charge in [0, 0.05) is 25.7 Å². The molecule has 0 amide bonds. The van der Waals surface area contributed by atoms with Crippen molar-refractivity contribution in [1.82, 2.24) is 5.01 Å². The summed E-state index contributed by atoms with van der Waals surface area (Å²) in [5.74, 6) is 0. The molecular weight excluding hydrogens is 102 g/mol. The van der Waals surface area contributed by atoms with Crippen LogP contribution in [0.2, 0.25) is 0 Å². The van der Waals surface area contributed by atoms with Gasteiger partial charge in [0.2, 0.25) is 0 Å². The van der Waals surface area contributed by atoms with Gasteiger partial charge in [-0.2, -0.15) is 5.10 Å². The summed E-state index contributed by atoms with van der Waals surface area (Å²) in [6.45, 7) is 5.08. The van der Waals surface area contributed by atoms with Crippen molar-refractivity contribution in [3.8, 4) is 0 Å². The molecule has 0 aromatic heterocycles. The van der Waals surface area contributed by atoms with E-state index in [1.54, 1.807) is 25.2 Å². The molecule has 0 unspecified atom stereocenters. The van der Waals surface area contributed by atoms with Gasteiger partial charge in [0.1, 0.15) is 0 Å². The molecule has 0 heterocycles. The minimum Gasteiger partial charge on any atom is -0.401 e. The zero-order valence-electron chi connectivity index (χ0n) is 5.26. The highest BCUT2D eigenvalue weighted by Crippen LogP contribution is 1.85. The fourth-order valence-corrected chi connectivity index (χ4v) is 0.336. The van der Waals surface area contributed by atoms with Gasteiger partial charge < -0.3 is 5.73 Å². The molecule has 0 fully saturated rings. The first-order chi connectivity index (χ1) is 3.66. The summed E-state index contributed by atoms with van der Waals surface area (Å²) >= 11 is 0. The van der Waals surface area contributed by atoms with Crippen LogP contribution in [0.5, 0.6) is 0 Å². The van der Waals surface area contributed by atoms with E-state index < -0.39 is 0 Å². The molecule has 0 aromatic carbocycles. The van der Waals surface area contributed by atoms with Crippen molar-refractivity contribution in [3.63, 3.8) is 0 Å². The topological polar surface area (TPSA) is 41.6 Å². The fraction of sp³-hybridized carbons (Fsp3) is 0.400. The average molecular weight is 113 g/mol. The van der Waals surface area contributed by atoms with Crippen molar-refractivity contribution in [2.45, 2.75) is 6.92 Å². The fourth-order valence-electron chi connectivity index (χ4n) is 0.336. The maximum absolute atomic E-state index is 5.30. The molecule has 0 aliphatic heterocycles. The summed E-state index contributed by atoms with van der Waals surface area (Å²) < 4.78 is 0. The predicted molar refractivity (Wildman–Crippen MR) is 35.3 cm³/mol. The number of rotatable bonds is 2. The minimum absolute atomic E-state index is 0.722. The van der Waals surface area contributed by atoms with Gasteiger partial charge in [-0.05, 0) is 6.92 Å². The van der Waals surface area contributed by atoms with Gasteiger partial charge in [0.15, 0.2) is 0 Å². The molecule has 3 nitrogen and oxygen atoms in total. The van der Waals surface area contributed by atoms with E-state index in [2.05, 4.69) is 11.8 Å². The normalized spacial score (nSPS) is 11.0. The second-order valence-corrected chi connectivity index (χ2v) is 1.59. The maximum atomic E-state index is 5.30. The lowest BCUT2D eigenvalue weighted by atomic mass is 10.6. The third-order valence-corrected chi connectivity index (χ3v) is 0.614. The van der Waals surface area contributed by atoms with Crippen molar-refractivity contribution >= 4 is 6.72 Å². The van der Waals surface area contributed by atoms with E-state index >= 15 is 0 Å². The average Bonchev–Trinajstić information content (AvgIpc) is 1.65. The highest BCUT2D eigenvalue weighted by atomic mass is 15.4. The zero-order valence-corrected chi connectivity index (χ0v) is 5.26. The summed E-state index contributed by atoms with van der Waals surface area (Å²) in [5.41, 5.74) is 6.02. The van der Waals surface area contributed by atoms with Crippen LogP contribution < -0.4 is 5.73 Å². The SMILES string of the molecule is C=NN(C)/C=C(/C)N. The second kappa shape index (κ2) is 3.07. The molecule has 0 saturated carbocycles. The third-order valence-electron chi connectivity index (χ3n) is 0.614. The number of hydrogen-bond acceptors (Lipinski definition) is 3. The highest BCUT2D eigenvalue weighted by Gasteiger charge is 1.80. The first kappa shape index (κ1) is 7.01. The van der Waals surface area contributed by atoms with Crippen molar-refractivity contribution < 1.29 is 0 Å². The largest absolute Gasteiger partial charge is 0.401 e. The van der Waals surface area contributed by atoms with Gasteiger partial charge in [-0.3, -0.25) is 5.01 Å². The van der Waals surface area contributed by atoms with Gasteiger partial charge in [-0.15, -0.1) is 0 Å². The van der Waals surface area contributed by atoms with E-state index in [1.807, 2.05) is 0 Å². The molecule has 2 N–H and O–H groups in total. The first-order valence-electron chi connectivity index (χ1n) is 2.30. The Hall–Kier alpha value is -0.990. The molecular formula is C5H11N3. The highest BCUT2D eigenvalue weighted by molar-refractivity contribution is 5.22. The van der Waals surface area contributed by atoms with Gasteiger partial charge in [-0.1, -0.05) is 0 Å². The summed E-state index contributed by atoms with van der Waals surface area (Å²) in [5, 5.41) is 5.11. The molecule has 0 saturated heterocycles. The van der Waals surface area contributed by atoms with E-state index in [4.69, 9.17) is 5.73 Å². The van der Waals surface area contributed by atoms with Crippen LogP contribution in [0.25, 0.3) is 0 Å². The smallest absolute Gasteiger partial charge is 0.0413 e. The number of nitrogens with zero attached hydrogens (tertiary/aromatic N) is 2. The lowest BCUT2D eigenvalue weighted by Crippen LogP contribution is -2.04. The molecule has 3 heteroatoms. The molecule has 0 aliphatic carbocycles. The predicted octanol–water partition coefficient (Wildman–Crippen LogP) is 0.354. The van der Waals surface area contributed by atoms with Crippen LogP contribution in [-0.4, -0.2) is 18.8 Å². The van der Waals surface area contributed by atoms with Crippen LogP contribution in [0.3, 0.4) is 0 Å². The third kappa shape index (κ3) is 3.21. The number of hydrogen-bond donors (Lipinski definition) is 1. The Morgan fingerprint density at radius 1 is 1.88 bits per heavy atom. The monoisotopic (exact) mass is 113 g/mol. The van der Waals surface area contributed by atoms with E-state index in [1.165, 1.54) is 0 Å². The summed E-state index contributed by atoms with van der Waals surface area (Å²) in [4.78, 5) is 0. The zero-order chi connectivity index (χ0) is 6.57. The van der Waals surface area contributed by atoms with Gasteiger partial charge in [-0.25, -0.2) is 0 Å². The quantitative estimate of drug-likeness (QED) is 0.415. The van der Waals surface area contributed by atoms with Crippen molar-refractivity contribution in [2.24, 2.45) is 10.8 Å². The van der Waals surface area contributed by atoms with Crippen molar-refractivity contribution in [1.29, 1.82) is 0 Å². The molecule has 0 bridgehead atoms. The van der Waals surface area contributed by atoms with E-state index in [0.717, 1.165) is 5.70 Å². The Balaban J connectivity index is 3.68. The first-order valence-corrected chi connectivity index (χ1v) is 2.30.